The van der Waals surface area contributed by atoms with E-state index < -0.39 is 6.67 Å². The third-order valence-corrected chi connectivity index (χ3v) is 2.85. The van der Waals surface area contributed by atoms with Crippen molar-refractivity contribution in [3.05, 3.63) is 42.0 Å². The van der Waals surface area contributed by atoms with Gasteiger partial charge in [-0.3, -0.25) is 4.98 Å². The number of alkyl halides is 1. The number of ether oxygens (including phenoxy) is 2. The Hall–Kier alpha value is -2.54. The minimum absolute atomic E-state index is 0.0806. The van der Waals surface area contributed by atoms with Gasteiger partial charge in [0.05, 0.1) is 30.8 Å². The fraction of sp³-hybridized carbons (Fsp3) is 0.312. The summed E-state index contributed by atoms with van der Waals surface area (Å²) in [5, 5.41) is 3.01. The molecule has 0 saturated heterocycles. The van der Waals surface area contributed by atoms with Crippen LogP contribution in [0.3, 0.4) is 0 Å². The Morgan fingerprint density at radius 3 is 2.52 bits per heavy atom. The van der Waals surface area contributed by atoms with Crippen molar-refractivity contribution in [3.8, 4) is 6.01 Å². The summed E-state index contributed by atoms with van der Waals surface area (Å²) in [6.07, 6.45) is 8.82. The number of hydrogen-bond acceptors (Lipinski definition) is 6. The van der Waals surface area contributed by atoms with E-state index >= 15 is 0 Å². The molecular weight excluding hydrogens is 299 g/mol. The molecule has 7 heteroatoms. The van der Waals surface area contributed by atoms with Crippen LogP contribution < -0.4 is 10.1 Å². The number of nitrogens with zero attached hydrogens (tertiary/aromatic N) is 3. The number of aromatic nitrogens is 3. The summed E-state index contributed by atoms with van der Waals surface area (Å²) in [6, 6.07) is 4.13. The van der Waals surface area contributed by atoms with Gasteiger partial charge in [-0.15, -0.1) is 0 Å². The average Bonchev–Trinajstić information content (AvgIpc) is 2.61. The number of anilines is 1. The van der Waals surface area contributed by atoms with Crippen LogP contribution in [-0.2, 0) is 4.74 Å². The molecule has 0 fully saturated rings. The van der Waals surface area contributed by atoms with Crippen LogP contribution in [0.15, 0.2) is 30.7 Å². The highest BCUT2D eigenvalue weighted by Crippen LogP contribution is 2.09. The minimum Gasteiger partial charge on any atom is -0.461 e. The molecule has 0 aliphatic heterocycles. The largest absolute Gasteiger partial charge is 0.461 e. The second kappa shape index (κ2) is 9.47. The predicted octanol–water partition coefficient (Wildman–Crippen LogP) is 2.45. The van der Waals surface area contributed by atoms with Crippen LogP contribution >= 0.6 is 0 Å². The van der Waals surface area contributed by atoms with Crippen molar-refractivity contribution in [1.82, 2.24) is 15.0 Å². The molecule has 0 amide bonds. The molecule has 2 aromatic rings. The van der Waals surface area contributed by atoms with Crippen molar-refractivity contribution < 1.29 is 13.9 Å². The molecule has 0 aliphatic carbocycles. The lowest BCUT2D eigenvalue weighted by atomic mass is 10.2. The van der Waals surface area contributed by atoms with E-state index in [4.69, 9.17) is 9.47 Å². The first kappa shape index (κ1) is 16.8. The van der Waals surface area contributed by atoms with Crippen LogP contribution in [0.25, 0.3) is 12.2 Å². The molecule has 0 spiro atoms. The van der Waals surface area contributed by atoms with E-state index in [1.165, 1.54) is 0 Å². The van der Waals surface area contributed by atoms with Gasteiger partial charge in [0.15, 0.2) is 0 Å². The summed E-state index contributed by atoms with van der Waals surface area (Å²) in [4.78, 5) is 12.5. The topological polar surface area (TPSA) is 69.2 Å². The van der Waals surface area contributed by atoms with Crippen LogP contribution in [0.5, 0.6) is 6.01 Å². The Labute approximate surface area is 134 Å². The van der Waals surface area contributed by atoms with E-state index in [0.717, 1.165) is 16.9 Å². The molecule has 122 valence electrons. The van der Waals surface area contributed by atoms with E-state index in [-0.39, 0.29) is 19.2 Å². The fourth-order valence-electron chi connectivity index (χ4n) is 1.67. The van der Waals surface area contributed by atoms with Gasteiger partial charge in [-0.25, -0.2) is 14.4 Å². The Bertz CT molecular complexity index is 602. The van der Waals surface area contributed by atoms with Gasteiger partial charge in [0.25, 0.3) is 0 Å². The molecule has 0 unspecified atom stereocenters. The molecule has 0 radical (unpaired) electrons. The van der Waals surface area contributed by atoms with Crippen LogP contribution in [0.1, 0.15) is 11.3 Å². The maximum absolute atomic E-state index is 11.8. The molecule has 2 rings (SSSR count). The van der Waals surface area contributed by atoms with Crippen LogP contribution in [0, 0.1) is 0 Å². The Morgan fingerprint density at radius 1 is 1.04 bits per heavy atom. The maximum Gasteiger partial charge on any atom is 0.316 e. The molecule has 1 N–H and O–H groups in total. The molecule has 2 heterocycles. The summed E-state index contributed by atoms with van der Waals surface area (Å²) in [7, 11) is 1.85. The number of hydrogen-bond donors (Lipinski definition) is 1. The van der Waals surface area contributed by atoms with Gasteiger partial charge in [-0.2, -0.15) is 0 Å². The van der Waals surface area contributed by atoms with Crippen molar-refractivity contribution in [2.24, 2.45) is 0 Å². The molecule has 6 nitrogen and oxygen atoms in total. The monoisotopic (exact) mass is 318 g/mol. The zero-order valence-electron chi connectivity index (χ0n) is 12.9. The Morgan fingerprint density at radius 2 is 1.87 bits per heavy atom. The molecule has 0 aromatic carbocycles. The van der Waals surface area contributed by atoms with Gasteiger partial charge in [0, 0.05) is 25.0 Å². The number of nitrogens with one attached hydrogen (secondary N) is 1. The van der Waals surface area contributed by atoms with Crippen LogP contribution in [0.4, 0.5) is 10.1 Å². The van der Waals surface area contributed by atoms with Crippen molar-refractivity contribution in [2.75, 3.05) is 38.9 Å². The second-order valence-electron chi connectivity index (χ2n) is 4.50. The molecule has 0 bridgehead atoms. The molecular formula is C16H19FN4O2. The van der Waals surface area contributed by atoms with Crippen LogP contribution in [0.2, 0.25) is 0 Å². The first-order valence-electron chi connectivity index (χ1n) is 7.22. The molecule has 2 aromatic heterocycles. The molecule has 23 heavy (non-hydrogen) atoms. The highest BCUT2D eigenvalue weighted by Gasteiger charge is 1.98. The fourth-order valence-corrected chi connectivity index (χ4v) is 1.67. The molecule has 0 atom stereocenters. The van der Waals surface area contributed by atoms with Gasteiger partial charge in [-0.1, -0.05) is 0 Å². The third kappa shape index (κ3) is 5.99. The SMILES string of the molecule is CNc1ccc(/C=C/c2cnc(OCCOCCF)nc2)nc1. The zero-order valence-corrected chi connectivity index (χ0v) is 12.9. The first-order chi connectivity index (χ1) is 11.3. The van der Waals surface area contributed by atoms with E-state index in [9.17, 15) is 4.39 Å². The zero-order chi connectivity index (χ0) is 16.3. The lowest BCUT2D eigenvalue weighted by Crippen LogP contribution is -2.09. The lowest BCUT2D eigenvalue weighted by Gasteiger charge is -2.04. The van der Waals surface area contributed by atoms with Gasteiger partial charge in [-0.05, 0) is 24.3 Å². The minimum atomic E-state index is -0.496. The summed E-state index contributed by atoms with van der Waals surface area (Å²) in [5.41, 5.74) is 2.64. The van der Waals surface area contributed by atoms with E-state index in [2.05, 4.69) is 20.3 Å². The van der Waals surface area contributed by atoms with Gasteiger partial charge in [0.1, 0.15) is 13.3 Å². The number of pyridine rings is 1. The Balaban J connectivity index is 1.82. The molecule has 0 aliphatic rings. The second-order valence-corrected chi connectivity index (χ2v) is 4.50. The smallest absolute Gasteiger partial charge is 0.316 e. The van der Waals surface area contributed by atoms with Crippen LogP contribution in [-0.4, -0.2) is 48.5 Å². The molecule has 0 saturated carbocycles. The van der Waals surface area contributed by atoms with E-state index in [1.54, 1.807) is 18.6 Å². The highest BCUT2D eigenvalue weighted by molar-refractivity contribution is 5.67. The van der Waals surface area contributed by atoms with Crippen molar-refractivity contribution in [1.29, 1.82) is 0 Å². The summed E-state index contributed by atoms with van der Waals surface area (Å²) >= 11 is 0. The maximum atomic E-state index is 11.8. The Kier molecular flexibility index (Phi) is 6.93. The van der Waals surface area contributed by atoms with Gasteiger partial charge in [0.2, 0.25) is 0 Å². The van der Waals surface area contributed by atoms with Crippen molar-refractivity contribution >= 4 is 17.8 Å². The summed E-state index contributed by atoms with van der Waals surface area (Å²) < 4.78 is 22.1. The van der Waals surface area contributed by atoms with Gasteiger partial charge >= 0.3 is 6.01 Å². The average molecular weight is 318 g/mol. The predicted molar refractivity (Wildman–Crippen MR) is 87.0 cm³/mol. The summed E-state index contributed by atoms with van der Waals surface area (Å²) in [5.74, 6) is 0. The van der Waals surface area contributed by atoms with E-state index in [1.807, 2.05) is 31.3 Å². The lowest BCUT2D eigenvalue weighted by molar-refractivity contribution is 0.0868. The standard InChI is InChI=1S/C16H19FN4O2/c1-18-15-5-4-14(19-12-15)3-2-13-10-20-16(21-11-13)23-9-8-22-7-6-17/h2-5,10-12,18H,6-9H2,1H3/b3-2+. The van der Waals surface area contributed by atoms with Gasteiger partial charge < -0.3 is 14.8 Å². The van der Waals surface area contributed by atoms with Crippen molar-refractivity contribution in [2.45, 2.75) is 0 Å². The normalized spacial score (nSPS) is 10.9. The number of halogens is 1. The first-order valence-corrected chi connectivity index (χ1v) is 7.22. The number of rotatable bonds is 9. The summed E-state index contributed by atoms with van der Waals surface area (Å²) in [6.45, 7) is 0.182. The third-order valence-electron chi connectivity index (χ3n) is 2.85. The highest BCUT2D eigenvalue weighted by atomic mass is 19.1. The quantitative estimate of drug-likeness (QED) is 0.716. The van der Waals surface area contributed by atoms with E-state index in [0.29, 0.717) is 6.61 Å². The van der Waals surface area contributed by atoms with Crippen molar-refractivity contribution in [3.63, 3.8) is 0 Å².